The van der Waals surface area contributed by atoms with Gasteiger partial charge in [0.25, 0.3) is 0 Å². The maximum absolute atomic E-state index is 12.3. The zero-order chi connectivity index (χ0) is 28.1. The summed E-state index contributed by atoms with van der Waals surface area (Å²) in [5, 5.41) is 4.87. The Bertz CT molecular complexity index is 1530. The van der Waals surface area contributed by atoms with Gasteiger partial charge in [0, 0.05) is 30.1 Å². The Hall–Kier alpha value is -3.31. The van der Waals surface area contributed by atoms with Crippen LogP contribution < -0.4 is 15.8 Å². The Kier molecular flexibility index (Phi) is 7.00. The summed E-state index contributed by atoms with van der Waals surface area (Å²) in [5.74, 6) is 1.47. The number of cyclic esters (lactones) is 1. The third-order valence-corrected chi connectivity index (χ3v) is 9.00. The lowest BCUT2D eigenvalue weighted by Gasteiger charge is -2.35. The fourth-order valence-electron chi connectivity index (χ4n) is 5.16. The molecule has 208 valence electrons. The highest BCUT2D eigenvalue weighted by atomic mass is 32.2. The van der Waals surface area contributed by atoms with Gasteiger partial charge in [0.1, 0.15) is 33.7 Å². The highest BCUT2D eigenvalue weighted by molar-refractivity contribution is 7.90. The van der Waals surface area contributed by atoms with Crippen molar-refractivity contribution in [1.29, 1.82) is 0 Å². The molecule has 1 aliphatic heterocycles. The van der Waals surface area contributed by atoms with Crippen LogP contribution in [0.4, 0.5) is 11.6 Å². The molecule has 1 unspecified atom stereocenters. The molecule has 2 aliphatic rings. The van der Waals surface area contributed by atoms with Crippen LogP contribution >= 0.6 is 0 Å². The second kappa shape index (κ2) is 10.0. The summed E-state index contributed by atoms with van der Waals surface area (Å²) in [5.41, 5.74) is 8.06. The van der Waals surface area contributed by atoms with Gasteiger partial charge in [-0.15, -0.1) is 0 Å². The van der Waals surface area contributed by atoms with Crippen LogP contribution in [0.25, 0.3) is 10.8 Å². The number of nitrogens with zero attached hydrogens (tertiary/aromatic N) is 3. The minimum atomic E-state index is -3.01. The molecule has 10 nitrogen and oxygen atoms in total. The Labute approximate surface area is 228 Å². The van der Waals surface area contributed by atoms with Crippen molar-refractivity contribution in [3.63, 3.8) is 0 Å². The molecule has 1 aliphatic carbocycles. The van der Waals surface area contributed by atoms with Gasteiger partial charge in [-0.3, -0.25) is 0 Å². The fourth-order valence-corrected chi connectivity index (χ4v) is 6.29. The number of pyridine rings is 3. The number of sulfone groups is 1. The van der Waals surface area contributed by atoms with E-state index in [0.717, 1.165) is 16.3 Å². The maximum atomic E-state index is 12.3. The first kappa shape index (κ1) is 27.3. The number of ether oxygens (including phenoxy) is 2. The number of esters is 1. The van der Waals surface area contributed by atoms with E-state index in [1.807, 2.05) is 33.8 Å². The number of fused-ring (bicyclic) bond motifs is 2. The average molecular weight is 554 g/mol. The Morgan fingerprint density at radius 3 is 2.59 bits per heavy atom. The van der Waals surface area contributed by atoms with Gasteiger partial charge >= 0.3 is 5.97 Å². The lowest BCUT2D eigenvalue weighted by Crippen LogP contribution is -2.37. The van der Waals surface area contributed by atoms with Crippen molar-refractivity contribution in [3.8, 4) is 5.88 Å². The molecule has 0 saturated heterocycles. The largest absolute Gasteiger partial charge is 0.474 e. The van der Waals surface area contributed by atoms with E-state index in [1.165, 1.54) is 6.26 Å². The second-order valence-electron chi connectivity index (χ2n) is 11.2. The molecule has 39 heavy (non-hydrogen) atoms. The first-order valence-electron chi connectivity index (χ1n) is 13.3. The predicted octanol–water partition coefficient (Wildman–Crippen LogP) is 4.22. The predicted molar refractivity (Wildman–Crippen MR) is 149 cm³/mol. The third kappa shape index (κ3) is 5.56. The van der Waals surface area contributed by atoms with Crippen molar-refractivity contribution >= 4 is 38.2 Å². The summed E-state index contributed by atoms with van der Waals surface area (Å²) >= 11 is 0. The second-order valence-corrected chi connectivity index (χ2v) is 13.4. The molecule has 0 amide bonds. The molecule has 1 saturated carbocycles. The summed E-state index contributed by atoms with van der Waals surface area (Å²) < 4.78 is 34.8. The van der Waals surface area contributed by atoms with Crippen LogP contribution in [-0.2, 0) is 20.1 Å². The monoisotopic (exact) mass is 553 g/mol. The van der Waals surface area contributed by atoms with E-state index in [1.54, 1.807) is 24.5 Å². The van der Waals surface area contributed by atoms with E-state index < -0.39 is 15.4 Å². The zero-order valence-corrected chi connectivity index (χ0v) is 23.7. The number of nitrogens with two attached hydrogens (primary N) is 1. The Morgan fingerprint density at radius 1 is 1.15 bits per heavy atom. The quantitative estimate of drug-likeness (QED) is 0.389. The van der Waals surface area contributed by atoms with Gasteiger partial charge in [-0.1, -0.05) is 13.8 Å². The molecule has 11 heteroatoms. The molecule has 3 aromatic heterocycles. The molecule has 0 aromatic carbocycles. The number of rotatable bonds is 8. The normalized spacial score (nSPS) is 24.3. The van der Waals surface area contributed by atoms with Crippen LogP contribution in [0.3, 0.4) is 0 Å². The van der Waals surface area contributed by atoms with Gasteiger partial charge in [-0.05, 0) is 68.2 Å². The van der Waals surface area contributed by atoms with Crippen molar-refractivity contribution in [2.45, 2.75) is 70.6 Å². The van der Waals surface area contributed by atoms with Crippen LogP contribution in [0, 0.1) is 5.92 Å². The number of anilines is 2. The maximum Gasteiger partial charge on any atom is 0.340 e. The molecular weight excluding hydrogens is 518 g/mol. The van der Waals surface area contributed by atoms with E-state index in [4.69, 9.17) is 20.2 Å². The van der Waals surface area contributed by atoms with Crippen molar-refractivity contribution < 1.29 is 22.7 Å². The van der Waals surface area contributed by atoms with Crippen molar-refractivity contribution in [3.05, 3.63) is 47.4 Å². The summed E-state index contributed by atoms with van der Waals surface area (Å²) in [7, 11) is -3.01. The zero-order valence-electron chi connectivity index (χ0n) is 22.9. The summed E-state index contributed by atoms with van der Waals surface area (Å²) in [6.45, 7) is 7.84. The fraction of sp³-hybridized carbons (Fsp3) is 0.500. The summed E-state index contributed by atoms with van der Waals surface area (Å²) in [4.78, 5) is 26.2. The molecule has 0 bridgehead atoms. The number of hydrogen-bond acceptors (Lipinski definition) is 10. The van der Waals surface area contributed by atoms with Crippen LogP contribution in [-0.4, -0.2) is 53.6 Å². The van der Waals surface area contributed by atoms with Crippen molar-refractivity contribution in [2.24, 2.45) is 11.7 Å². The number of carbonyl (C=O) groups excluding carboxylic acids is 1. The summed E-state index contributed by atoms with van der Waals surface area (Å²) in [6, 6.07) is 5.37. The Morgan fingerprint density at radius 2 is 1.90 bits per heavy atom. The Balaban J connectivity index is 1.45. The van der Waals surface area contributed by atoms with Crippen LogP contribution in [0.15, 0.2) is 30.6 Å². The number of hydrogen-bond donors (Lipinski definition) is 2. The molecule has 5 rings (SSSR count). The van der Waals surface area contributed by atoms with Crippen molar-refractivity contribution in [1.82, 2.24) is 15.0 Å². The molecule has 3 N–H and O–H groups in total. The minimum Gasteiger partial charge on any atom is -0.474 e. The van der Waals surface area contributed by atoms with Gasteiger partial charge in [-0.25, -0.2) is 28.2 Å². The number of carbonyl (C=O) groups is 1. The average Bonchev–Trinajstić information content (AvgIpc) is 2.85. The first-order chi connectivity index (χ1) is 18.3. The van der Waals surface area contributed by atoms with Gasteiger partial charge in [-0.2, -0.15) is 0 Å². The van der Waals surface area contributed by atoms with E-state index >= 15 is 0 Å². The molecule has 3 atom stereocenters. The molecule has 0 spiro atoms. The highest BCUT2D eigenvalue weighted by Gasteiger charge is 2.34. The third-order valence-electron chi connectivity index (χ3n) is 7.92. The van der Waals surface area contributed by atoms with Crippen LogP contribution in [0.2, 0.25) is 0 Å². The lowest BCUT2D eigenvalue weighted by molar-refractivity contribution is 0.0235. The van der Waals surface area contributed by atoms with E-state index in [9.17, 15) is 13.2 Å². The molecule has 0 radical (unpaired) electrons. The van der Waals surface area contributed by atoms with Gasteiger partial charge in [0.15, 0.2) is 0 Å². The SMILES string of the molecule is CCC(C)(N)c1cnc(O[C@H]2C[C@H](CS(C)(=O)=O)C2)c2cnc(Nc3ccc4c(n3)[C@@H](C)[C@H](C)OC4=O)cc12. The molecule has 4 heterocycles. The summed E-state index contributed by atoms with van der Waals surface area (Å²) in [6.07, 6.45) is 6.41. The number of nitrogens with one attached hydrogen (secondary N) is 1. The van der Waals surface area contributed by atoms with Gasteiger partial charge in [0.2, 0.25) is 5.88 Å². The topological polar surface area (TPSA) is 146 Å². The van der Waals surface area contributed by atoms with Crippen molar-refractivity contribution in [2.75, 3.05) is 17.3 Å². The van der Waals surface area contributed by atoms with E-state index in [0.29, 0.717) is 48.0 Å². The lowest BCUT2D eigenvalue weighted by atomic mass is 9.84. The van der Waals surface area contributed by atoms with Crippen LogP contribution in [0.5, 0.6) is 5.88 Å². The minimum absolute atomic E-state index is 0.0348. The standard InChI is InChI=1S/C28H35N5O5S/c1-6-28(4,29)22-13-31-26(38-18-9-17(10-18)14-39(5,35)36)21-12-30-24(11-20(21)22)32-23-8-7-19-25(33-23)15(2)16(3)37-27(19)34/h7-8,11-13,15-18H,6,9-10,14,29H2,1-5H3,(H,30,32,33)/t15-,16-,17-,18-,28?/m0/s1. The van der Waals surface area contributed by atoms with Crippen LogP contribution in [0.1, 0.15) is 74.5 Å². The molecule has 3 aromatic rings. The highest BCUT2D eigenvalue weighted by Crippen LogP contribution is 2.38. The number of aromatic nitrogens is 3. The molecule has 1 fully saturated rings. The first-order valence-corrected chi connectivity index (χ1v) is 15.3. The smallest absolute Gasteiger partial charge is 0.340 e. The molecular formula is C28H35N5O5S. The van der Waals surface area contributed by atoms with Gasteiger partial charge < -0.3 is 20.5 Å². The van der Waals surface area contributed by atoms with E-state index in [2.05, 4.69) is 15.3 Å². The van der Waals surface area contributed by atoms with E-state index in [-0.39, 0.29) is 35.8 Å². The van der Waals surface area contributed by atoms with Gasteiger partial charge in [0.05, 0.1) is 22.4 Å².